The average Bonchev–Trinajstić information content (AvgIpc) is 3.09. The molecule has 4 rings (SSSR count). The predicted octanol–water partition coefficient (Wildman–Crippen LogP) is 3.75. The number of para-hydroxylation sites is 2. The largest absolute Gasteiger partial charge is 0.345 e. The topological polar surface area (TPSA) is 93.1 Å². The number of nitrogens with zero attached hydrogens (tertiary/aromatic N) is 2. The highest BCUT2D eigenvalue weighted by atomic mass is 32.2. The van der Waals surface area contributed by atoms with Crippen LogP contribution in [-0.4, -0.2) is 23.9 Å². The summed E-state index contributed by atoms with van der Waals surface area (Å²) in [6.45, 7) is 1.76. The van der Waals surface area contributed by atoms with Gasteiger partial charge in [-0.3, -0.25) is 9.52 Å². The summed E-state index contributed by atoms with van der Waals surface area (Å²) in [6, 6.07) is 17.4. The summed E-state index contributed by atoms with van der Waals surface area (Å²) in [5, 5.41) is 2.80. The molecule has 32 heavy (non-hydrogen) atoms. The fraction of sp³-hybridized carbons (Fsp3) is 0.130. The van der Waals surface area contributed by atoms with Crippen molar-refractivity contribution < 1.29 is 17.6 Å². The number of amides is 1. The molecule has 0 spiro atoms. The van der Waals surface area contributed by atoms with Crippen LogP contribution in [-0.2, 0) is 23.6 Å². The Kier molecular flexibility index (Phi) is 5.67. The highest BCUT2D eigenvalue weighted by Crippen LogP contribution is 2.20. The summed E-state index contributed by atoms with van der Waals surface area (Å²) in [5.41, 5.74) is 2.62. The summed E-state index contributed by atoms with van der Waals surface area (Å²) < 4.78 is 43.3. The number of imidazole rings is 1. The molecule has 164 valence electrons. The Morgan fingerprint density at radius 1 is 1.06 bits per heavy atom. The van der Waals surface area contributed by atoms with Gasteiger partial charge in [0.15, 0.2) is 0 Å². The number of carbonyl (C=O) groups excluding carboxylic acids is 1. The summed E-state index contributed by atoms with van der Waals surface area (Å²) in [7, 11) is -2.13. The van der Waals surface area contributed by atoms with Crippen molar-refractivity contribution in [1.82, 2.24) is 14.9 Å². The van der Waals surface area contributed by atoms with Gasteiger partial charge in [-0.2, -0.15) is 0 Å². The van der Waals surface area contributed by atoms with E-state index in [1.165, 1.54) is 24.3 Å². The standard InChI is InChI=1S/C23H21FN4O3S/c1-15-10-11-18(13-19(15)24)32(30,31)27-17-7-5-6-16(12-17)23(29)25-14-22-26-20-8-3-4-9-21(20)28(22)2/h3-13,27H,14H2,1-2H3,(H,25,29). The van der Waals surface area contributed by atoms with Crippen LogP contribution in [0.25, 0.3) is 11.0 Å². The second-order valence-corrected chi connectivity index (χ2v) is 9.04. The van der Waals surface area contributed by atoms with E-state index < -0.39 is 15.8 Å². The van der Waals surface area contributed by atoms with Gasteiger partial charge in [-0.1, -0.05) is 24.3 Å². The lowest BCUT2D eigenvalue weighted by Gasteiger charge is -2.11. The Bertz CT molecular complexity index is 1430. The summed E-state index contributed by atoms with van der Waals surface area (Å²) in [5.74, 6) is -0.291. The van der Waals surface area contributed by atoms with Crippen LogP contribution in [0.15, 0.2) is 71.6 Å². The Labute approximate surface area is 185 Å². The summed E-state index contributed by atoms with van der Waals surface area (Å²) in [6.07, 6.45) is 0. The van der Waals surface area contributed by atoms with E-state index in [1.807, 2.05) is 35.9 Å². The van der Waals surface area contributed by atoms with E-state index in [1.54, 1.807) is 19.1 Å². The van der Waals surface area contributed by atoms with Gasteiger partial charge < -0.3 is 9.88 Å². The molecule has 3 aromatic carbocycles. The molecule has 0 bridgehead atoms. The summed E-state index contributed by atoms with van der Waals surface area (Å²) >= 11 is 0. The van der Waals surface area contributed by atoms with Crippen LogP contribution < -0.4 is 10.0 Å². The summed E-state index contributed by atoms with van der Waals surface area (Å²) in [4.78, 5) is 17.0. The third kappa shape index (κ3) is 4.33. The molecule has 4 aromatic rings. The number of hydrogen-bond acceptors (Lipinski definition) is 4. The molecule has 0 aliphatic rings. The number of halogens is 1. The Morgan fingerprint density at radius 3 is 2.59 bits per heavy atom. The number of hydrogen-bond donors (Lipinski definition) is 2. The molecule has 0 saturated heterocycles. The van der Waals surface area contributed by atoms with Crippen molar-refractivity contribution in [2.75, 3.05) is 4.72 Å². The van der Waals surface area contributed by atoms with Crippen LogP contribution in [0.4, 0.5) is 10.1 Å². The number of rotatable bonds is 6. The Hall–Kier alpha value is -3.72. The van der Waals surface area contributed by atoms with Crippen molar-refractivity contribution in [1.29, 1.82) is 0 Å². The number of benzene rings is 3. The maximum absolute atomic E-state index is 13.8. The maximum atomic E-state index is 13.8. The number of sulfonamides is 1. The van der Waals surface area contributed by atoms with Crippen LogP contribution in [0.5, 0.6) is 0 Å². The predicted molar refractivity (Wildman–Crippen MR) is 120 cm³/mol. The normalized spacial score (nSPS) is 11.5. The van der Waals surface area contributed by atoms with E-state index in [2.05, 4.69) is 15.0 Å². The highest BCUT2D eigenvalue weighted by molar-refractivity contribution is 7.92. The van der Waals surface area contributed by atoms with Gasteiger partial charge in [0, 0.05) is 18.3 Å². The van der Waals surface area contributed by atoms with E-state index >= 15 is 0 Å². The lowest BCUT2D eigenvalue weighted by Crippen LogP contribution is -2.24. The molecule has 1 aromatic heterocycles. The van der Waals surface area contributed by atoms with E-state index in [9.17, 15) is 17.6 Å². The molecule has 0 saturated carbocycles. The van der Waals surface area contributed by atoms with Crippen LogP contribution in [0.1, 0.15) is 21.7 Å². The molecule has 0 aliphatic heterocycles. The Morgan fingerprint density at radius 2 is 1.84 bits per heavy atom. The zero-order valence-electron chi connectivity index (χ0n) is 17.5. The molecule has 1 amide bonds. The second kappa shape index (κ2) is 8.43. The minimum Gasteiger partial charge on any atom is -0.345 e. The van der Waals surface area contributed by atoms with Crippen LogP contribution in [0, 0.1) is 12.7 Å². The molecule has 0 atom stereocenters. The molecule has 0 radical (unpaired) electrons. The zero-order valence-corrected chi connectivity index (χ0v) is 18.3. The average molecular weight is 453 g/mol. The van der Waals surface area contributed by atoms with Crippen molar-refractivity contribution in [3.05, 3.63) is 89.5 Å². The number of aromatic nitrogens is 2. The van der Waals surface area contributed by atoms with E-state index in [0.717, 1.165) is 17.1 Å². The van der Waals surface area contributed by atoms with Gasteiger partial charge in [0.1, 0.15) is 11.6 Å². The van der Waals surface area contributed by atoms with Crippen molar-refractivity contribution in [2.45, 2.75) is 18.4 Å². The number of anilines is 1. The van der Waals surface area contributed by atoms with Gasteiger partial charge in [-0.05, 0) is 55.0 Å². The van der Waals surface area contributed by atoms with E-state index in [4.69, 9.17) is 0 Å². The molecule has 0 unspecified atom stereocenters. The first-order valence-corrected chi connectivity index (χ1v) is 11.3. The van der Waals surface area contributed by atoms with E-state index in [0.29, 0.717) is 11.4 Å². The van der Waals surface area contributed by atoms with E-state index in [-0.39, 0.29) is 28.6 Å². The van der Waals surface area contributed by atoms with Gasteiger partial charge in [-0.25, -0.2) is 17.8 Å². The lowest BCUT2D eigenvalue weighted by atomic mass is 10.2. The van der Waals surface area contributed by atoms with Gasteiger partial charge in [0.25, 0.3) is 15.9 Å². The first-order chi connectivity index (χ1) is 15.2. The van der Waals surface area contributed by atoms with Crippen molar-refractivity contribution in [3.63, 3.8) is 0 Å². The lowest BCUT2D eigenvalue weighted by molar-refractivity contribution is 0.0949. The number of fused-ring (bicyclic) bond motifs is 1. The molecule has 7 nitrogen and oxygen atoms in total. The molecule has 0 aliphatic carbocycles. The number of carbonyl (C=O) groups is 1. The number of nitrogens with one attached hydrogen (secondary N) is 2. The van der Waals surface area contributed by atoms with Crippen LogP contribution in [0.2, 0.25) is 0 Å². The van der Waals surface area contributed by atoms with Crippen LogP contribution >= 0.6 is 0 Å². The minimum absolute atomic E-state index is 0.196. The van der Waals surface area contributed by atoms with Gasteiger partial charge in [0.2, 0.25) is 0 Å². The Balaban J connectivity index is 1.48. The molecule has 2 N–H and O–H groups in total. The van der Waals surface area contributed by atoms with Gasteiger partial charge in [-0.15, -0.1) is 0 Å². The zero-order chi connectivity index (χ0) is 22.9. The fourth-order valence-electron chi connectivity index (χ4n) is 3.29. The molecule has 0 fully saturated rings. The molecular formula is C23H21FN4O3S. The van der Waals surface area contributed by atoms with Gasteiger partial charge in [0.05, 0.1) is 22.5 Å². The molecule has 9 heteroatoms. The maximum Gasteiger partial charge on any atom is 0.261 e. The first kappa shape index (κ1) is 21.5. The monoisotopic (exact) mass is 452 g/mol. The smallest absolute Gasteiger partial charge is 0.261 e. The third-order valence-electron chi connectivity index (χ3n) is 5.12. The SMILES string of the molecule is Cc1ccc(S(=O)(=O)Nc2cccc(C(=O)NCc3nc4ccccc4n3C)c2)cc1F. The first-order valence-electron chi connectivity index (χ1n) is 9.82. The minimum atomic E-state index is -4.01. The second-order valence-electron chi connectivity index (χ2n) is 7.36. The quantitative estimate of drug-likeness (QED) is 0.466. The fourth-order valence-corrected chi connectivity index (χ4v) is 4.35. The molecule has 1 heterocycles. The third-order valence-corrected chi connectivity index (χ3v) is 6.50. The van der Waals surface area contributed by atoms with Gasteiger partial charge >= 0.3 is 0 Å². The van der Waals surface area contributed by atoms with Crippen LogP contribution in [0.3, 0.4) is 0 Å². The van der Waals surface area contributed by atoms with Crippen molar-refractivity contribution >= 4 is 32.7 Å². The van der Waals surface area contributed by atoms with Crippen molar-refractivity contribution in [2.24, 2.45) is 7.05 Å². The molecular weight excluding hydrogens is 431 g/mol. The highest BCUT2D eigenvalue weighted by Gasteiger charge is 2.17. The van der Waals surface area contributed by atoms with Crippen molar-refractivity contribution in [3.8, 4) is 0 Å². The number of aryl methyl sites for hydroxylation is 2.